The maximum Gasteiger partial charge on any atom is 0.191 e. The first kappa shape index (κ1) is 21.0. The fourth-order valence-corrected chi connectivity index (χ4v) is 4.93. The van der Waals surface area contributed by atoms with Gasteiger partial charge in [-0.2, -0.15) is 0 Å². The zero-order valence-corrected chi connectivity index (χ0v) is 18.8. The second-order valence-electron chi connectivity index (χ2n) is 10.6. The Morgan fingerprint density at radius 3 is 2.28 bits per heavy atom. The van der Waals surface area contributed by atoms with Crippen molar-refractivity contribution >= 4 is 8.32 Å². The van der Waals surface area contributed by atoms with Crippen molar-refractivity contribution in [1.29, 1.82) is 0 Å². The van der Waals surface area contributed by atoms with Crippen molar-refractivity contribution in [2.24, 2.45) is 23.2 Å². The van der Waals surface area contributed by atoms with E-state index in [1.54, 1.807) is 0 Å². The van der Waals surface area contributed by atoms with Crippen molar-refractivity contribution in [3.63, 3.8) is 0 Å². The molecule has 0 spiro atoms. The zero-order chi connectivity index (χ0) is 19.1. The van der Waals surface area contributed by atoms with E-state index in [0.29, 0.717) is 11.8 Å². The highest BCUT2D eigenvalue weighted by Crippen LogP contribution is 2.54. The lowest BCUT2D eigenvalue weighted by Crippen LogP contribution is -2.48. The molecule has 144 valence electrons. The summed E-state index contributed by atoms with van der Waals surface area (Å²) < 4.78 is 6.43. The van der Waals surface area contributed by atoms with Gasteiger partial charge in [0.2, 0.25) is 0 Å². The summed E-state index contributed by atoms with van der Waals surface area (Å²) in [4.78, 5) is 0. The molecule has 25 heavy (non-hydrogen) atoms. The molecule has 0 aliphatic heterocycles. The van der Waals surface area contributed by atoms with Crippen LogP contribution in [0.1, 0.15) is 73.6 Å². The number of hydrogen-bond acceptors (Lipinski definition) is 2. The summed E-state index contributed by atoms with van der Waals surface area (Å²) in [5.74, 6) is 8.03. The van der Waals surface area contributed by atoms with Crippen molar-refractivity contribution in [3.8, 4) is 11.8 Å². The van der Waals surface area contributed by atoms with Crippen molar-refractivity contribution in [3.05, 3.63) is 0 Å². The van der Waals surface area contributed by atoms with E-state index in [9.17, 15) is 5.11 Å². The van der Waals surface area contributed by atoms with Gasteiger partial charge in [-0.05, 0) is 56.2 Å². The SMILES string of the molecule is CC(C)[C@H]1CC[C@](C)(CCO[Si](C)(C)C(C)(C)C)C1(O)C#CC1CC1. The molecule has 2 fully saturated rings. The van der Waals surface area contributed by atoms with Gasteiger partial charge in [-0.15, -0.1) is 0 Å². The Bertz CT molecular complexity index is 532. The van der Waals surface area contributed by atoms with E-state index in [2.05, 4.69) is 66.5 Å². The van der Waals surface area contributed by atoms with Crippen LogP contribution in [0.4, 0.5) is 0 Å². The maximum atomic E-state index is 11.7. The zero-order valence-electron chi connectivity index (χ0n) is 17.8. The van der Waals surface area contributed by atoms with Gasteiger partial charge >= 0.3 is 0 Å². The molecule has 2 saturated carbocycles. The molecule has 1 N–H and O–H groups in total. The van der Waals surface area contributed by atoms with E-state index in [0.717, 1.165) is 25.9 Å². The minimum absolute atomic E-state index is 0.161. The number of aliphatic hydroxyl groups is 1. The van der Waals surface area contributed by atoms with Crippen molar-refractivity contribution < 1.29 is 9.53 Å². The Labute approximate surface area is 157 Å². The largest absolute Gasteiger partial charge is 0.417 e. The summed E-state index contributed by atoms with van der Waals surface area (Å²) in [6, 6.07) is 0. The van der Waals surface area contributed by atoms with Crippen molar-refractivity contribution in [2.75, 3.05) is 6.61 Å². The number of hydrogen-bond donors (Lipinski definition) is 1. The van der Waals surface area contributed by atoms with Gasteiger partial charge in [-0.1, -0.05) is 53.4 Å². The molecule has 3 heteroatoms. The lowest BCUT2D eigenvalue weighted by Gasteiger charge is -2.42. The van der Waals surface area contributed by atoms with Crippen LogP contribution in [0, 0.1) is 35.0 Å². The van der Waals surface area contributed by atoms with Crippen LogP contribution in [0.15, 0.2) is 0 Å². The third-order valence-electron chi connectivity index (χ3n) is 7.24. The van der Waals surface area contributed by atoms with E-state index in [4.69, 9.17) is 4.43 Å². The smallest absolute Gasteiger partial charge is 0.191 e. The molecule has 3 atom stereocenters. The highest BCUT2D eigenvalue weighted by molar-refractivity contribution is 6.74. The standard InChI is InChI=1S/C22H40O2Si/c1-17(2)19-12-13-21(6,22(19,23)14-11-18-9-10-18)15-16-24-25(7,8)20(3,4)5/h17-19,23H,9-10,12-13,15-16H2,1-8H3/t19-,21-,22?/m1/s1. The summed E-state index contributed by atoms with van der Waals surface area (Å²) in [6.07, 6.45) is 5.44. The van der Waals surface area contributed by atoms with Gasteiger partial charge in [-0.3, -0.25) is 0 Å². The van der Waals surface area contributed by atoms with Gasteiger partial charge < -0.3 is 9.53 Å². The molecule has 0 radical (unpaired) electrons. The van der Waals surface area contributed by atoms with Gasteiger partial charge in [0.25, 0.3) is 0 Å². The number of rotatable bonds is 5. The van der Waals surface area contributed by atoms with Crippen LogP contribution in [0.5, 0.6) is 0 Å². The first-order valence-electron chi connectivity index (χ1n) is 10.2. The molecule has 0 aromatic carbocycles. The van der Waals surface area contributed by atoms with E-state index >= 15 is 0 Å². The van der Waals surface area contributed by atoms with Crippen LogP contribution < -0.4 is 0 Å². The Morgan fingerprint density at radius 1 is 1.20 bits per heavy atom. The van der Waals surface area contributed by atoms with Crippen LogP contribution in [0.25, 0.3) is 0 Å². The second kappa shape index (κ2) is 7.02. The average molecular weight is 365 g/mol. The van der Waals surface area contributed by atoms with Gasteiger partial charge in [-0.25, -0.2) is 0 Å². The molecule has 0 saturated heterocycles. The average Bonchev–Trinajstić information content (AvgIpc) is 3.23. The minimum Gasteiger partial charge on any atom is -0.417 e. The second-order valence-corrected chi connectivity index (χ2v) is 15.4. The minimum atomic E-state index is -1.74. The van der Waals surface area contributed by atoms with E-state index in [1.807, 2.05) is 0 Å². The van der Waals surface area contributed by atoms with Crippen LogP contribution in [-0.4, -0.2) is 25.6 Å². The lowest BCUT2D eigenvalue weighted by molar-refractivity contribution is -0.0533. The van der Waals surface area contributed by atoms with Crippen LogP contribution in [0.2, 0.25) is 18.1 Å². The molecule has 0 heterocycles. The summed E-state index contributed by atoms with van der Waals surface area (Å²) in [6.45, 7) is 18.9. The normalized spacial score (nSPS) is 33.4. The molecule has 0 aromatic rings. The van der Waals surface area contributed by atoms with Gasteiger partial charge in [0, 0.05) is 23.9 Å². The van der Waals surface area contributed by atoms with Gasteiger partial charge in [0.15, 0.2) is 8.32 Å². The molecule has 0 bridgehead atoms. The molecule has 2 nitrogen and oxygen atoms in total. The highest BCUT2D eigenvalue weighted by Gasteiger charge is 2.56. The molecule has 2 aliphatic rings. The monoisotopic (exact) mass is 364 g/mol. The summed E-state index contributed by atoms with van der Waals surface area (Å²) >= 11 is 0. The van der Waals surface area contributed by atoms with Gasteiger partial charge in [0.05, 0.1) is 0 Å². The Hall–Kier alpha value is -0.303. The first-order chi connectivity index (χ1) is 11.3. The lowest BCUT2D eigenvalue weighted by atomic mass is 9.69. The Morgan fingerprint density at radius 2 is 1.80 bits per heavy atom. The fourth-order valence-electron chi connectivity index (χ4n) is 3.88. The Balaban J connectivity index is 2.12. The van der Waals surface area contributed by atoms with Crippen LogP contribution in [-0.2, 0) is 4.43 Å². The molecule has 0 amide bonds. The highest BCUT2D eigenvalue weighted by atomic mass is 28.4. The summed E-state index contributed by atoms with van der Waals surface area (Å²) in [5.41, 5.74) is -1.02. The maximum absolute atomic E-state index is 11.7. The molecule has 2 aliphatic carbocycles. The quantitative estimate of drug-likeness (QED) is 0.507. The topological polar surface area (TPSA) is 29.5 Å². The molecular formula is C22H40O2Si. The van der Waals surface area contributed by atoms with E-state index < -0.39 is 13.9 Å². The van der Waals surface area contributed by atoms with E-state index in [-0.39, 0.29) is 16.4 Å². The van der Waals surface area contributed by atoms with Crippen LogP contribution in [0.3, 0.4) is 0 Å². The fraction of sp³-hybridized carbons (Fsp3) is 0.909. The first-order valence-corrected chi connectivity index (χ1v) is 13.1. The van der Waals surface area contributed by atoms with Crippen molar-refractivity contribution in [1.82, 2.24) is 0 Å². The third kappa shape index (κ3) is 4.34. The summed E-state index contributed by atoms with van der Waals surface area (Å²) in [5, 5.41) is 11.9. The third-order valence-corrected chi connectivity index (χ3v) is 11.8. The Kier molecular flexibility index (Phi) is 5.90. The molecular weight excluding hydrogens is 324 g/mol. The molecule has 0 aromatic heterocycles. The molecule has 1 unspecified atom stereocenters. The van der Waals surface area contributed by atoms with E-state index in [1.165, 1.54) is 12.8 Å². The summed E-state index contributed by atoms with van der Waals surface area (Å²) in [7, 11) is -1.74. The predicted octanol–water partition coefficient (Wildman–Crippen LogP) is 5.62. The molecule has 2 rings (SSSR count). The predicted molar refractivity (Wildman–Crippen MR) is 109 cm³/mol. The van der Waals surface area contributed by atoms with Gasteiger partial charge in [0.1, 0.15) is 5.60 Å². The van der Waals surface area contributed by atoms with Crippen molar-refractivity contribution in [2.45, 2.75) is 97.4 Å². The van der Waals surface area contributed by atoms with Crippen LogP contribution >= 0.6 is 0 Å².